The van der Waals surface area contributed by atoms with Crippen molar-refractivity contribution in [3.63, 3.8) is 0 Å². The molecule has 1 heterocycles. The summed E-state index contributed by atoms with van der Waals surface area (Å²) in [6, 6.07) is -0.557. The maximum Gasteiger partial charge on any atom is 0.162 e. The molecule has 2 aliphatic rings. The Morgan fingerprint density at radius 3 is 2.44 bits per heavy atom. The standard InChI is InChI=1S/C19H36N4OS/c1-4-18(2,3)15(22)17(25)23-11-13(21)10-14(23)16(24)19(12-20)8-6-5-7-9-19/h13-15H,4-12,20-22H2,1-3H3/t13-,14+,15+/m0/s1. The summed E-state index contributed by atoms with van der Waals surface area (Å²) in [5, 5.41) is 0. The number of nitrogens with zero attached hydrogens (tertiary/aromatic N) is 1. The lowest BCUT2D eigenvalue weighted by atomic mass is 9.69. The van der Waals surface area contributed by atoms with Crippen LogP contribution in [0.15, 0.2) is 0 Å². The van der Waals surface area contributed by atoms with Crippen LogP contribution >= 0.6 is 12.2 Å². The van der Waals surface area contributed by atoms with E-state index < -0.39 is 5.41 Å². The third kappa shape index (κ3) is 4.07. The highest BCUT2D eigenvalue weighted by Gasteiger charge is 2.48. The monoisotopic (exact) mass is 368 g/mol. The first-order valence-electron chi connectivity index (χ1n) is 9.74. The van der Waals surface area contributed by atoms with Gasteiger partial charge in [0.15, 0.2) is 5.78 Å². The summed E-state index contributed by atoms with van der Waals surface area (Å²) in [4.78, 5) is 16.2. The molecular weight excluding hydrogens is 332 g/mol. The van der Waals surface area contributed by atoms with E-state index in [0.717, 1.165) is 32.1 Å². The molecule has 25 heavy (non-hydrogen) atoms. The SMILES string of the molecule is CCC(C)(C)[C@H](N)C(=S)N1C[C@@H](N)C[C@@H]1C(=O)C1(CN)CCCCC1. The first kappa shape index (κ1) is 20.7. The molecule has 144 valence electrons. The van der Waals surface area contributed by atoms with E-state index in [4.69, 9.17) is 29.4 Å². The number of carbonyl (C=O) groups excluding carboxylic acids is 1. The normalized spacial score (nSPS) is 28.0. The molecule has 1 aliphatic heterocycles. The summed E-state index contributed by atoms with van der Waals surface area (Å²) in [6.07, 6.45) is 6.71. The zero-order valence-electron chi connectivity index (χ0n) is 16.1. The summed E-state index contributed by atoms with van der Waals surface area (Å²) in [5.41, 5.74) is 18.3. The van der Waals surface area contributed by atoms with Crippen molar-refractivity contribution in [3.05, 3.63) is 0 Å². The highest BCUT2D eigenvalue weighted by Crippen LogP contribution is 2.40. The van der Waals surface area contributed by atoms with E-state index in [1.54, 1.807) is 0 Å². The number of hydrogen-bond acceptors (Lipinski definition) is 5. The van der Waals surface area contributed by atoms with Crippen LogP contribution in [0.5, 0.6) is 0 Å². The van der Waals surface area contributed by atoms with Crippen LogP contribution in [0.4, 0.5) is 0 Å². The molecule has 1 saturated heterocycles. The number of hydrogen-bond donors (Lipinski definition) is 3. The predicted molar refractivity (Wildman–Crippen MR) is 107 cm³/mol. The van der Waals surface area contributed by atoms with Crippen molar-refractivity contribution in [2.24, 2.45) is 28.0 Å². The van der Waals surface area contributed by atoms with Gasteiger partial charge in [-0.15, -0.1) is 0 Å². The quantitative estimate of drug-likeness (QED) is 0.620. The van der Waals surface area contributed by atoms with Crippen LogP contribution in [0.25, 0.3) is 0 Å². The lowest BCUT2D eigenvalue weighted by Gasteiger charge is -2.41. The highest BCUT2D eigenvalue weighted by molar-refractivity contribution is 7.80. The van der Waals surface area contributed by atoms with Crippen molar-refractivity contribution in [3.8, 4) is 0 Å². The average Bonchev–Trinajstić information content (AvgIpc) is 3.01. The van der Waals surface area contributed by atoms with E-state index in [1.165, 1.54) is 6.42 Å². The molecule has 2 rings (SSSR count). The van der Waals surface area contributed by atoms with Crippen LogP contribution < -0.4 is 17.2 Å². The largest absolute Gasteiger partial charge is 0.353 e. The minimum absolute atomic E-state index is 0.0396. The topological polar surface area (TPSA) is 98.4 Å². The number of thiocarbonyl (C=S) groups is 1. The molecule has 0 radical (unpaired) electrons. The first-order chi connectivity index (χ1) is 11.7. The summed E-state index contributed by atoms with van der Waals surface area (Å²) < 4.78 is 0. The Bertz CT molecular complexity index is 502. The molecule has 5 nitrogen and oxygen atoms in total. The van der Waals surface area contributed by atoms with Gasteiger partial charge < -0.3 is 22.1 Å². The molecule has 1 saturated carbocycles. The molecule has 1 aliphatic carbocycles. The van der Waals surface area contributed by atoms with Crippen LogP contribution in [0, 0.1) is 10.8 Å². The summed E-state index contributed by atoms with van der Waals surface area (Å²) >= 11 is 5.74. The van der Waals surface area contributed by atoms with Crippen molar-refractivity contribution in [2.45, 2.75) is 83.8 Å². The maximum absolute atomic E-state index is 13.5. The summed E-state index contributed by atoms with van der Waals surface area (Å²) in [5.74, 6) is 0.242. The number of Topliss-reactive ketones (excluding diaryl/α,β-unsaturated/α-hetero) is 1. The molecule has 0 bridgehead atoms. The van der Waals surface area contributed by atoms with E-state index >= 15 is 0 Å². The van der Waals surface area contributed by atoms with E-state index in [2.05, 4.69) is 20.8 Å². The molecule has 6 heteroatoms. The Balaban J connectivity index is 2.23. The third-order valence-corrected chi connectivity index (χ3v) is 7.15. The number of ketones is 1. The summed E-state index contributed by atoms with van der Waals surface area (Å²) in [6.45, 7) is 7.40. The minimum atomic E-state index is -0.398. The van der Waals surface area contributed by atoms with Crippen LogP contribution in [0.1, 0.15) is 65.7 Å². The van der Waals surface area contributed by atoms with Gasteiger partial charge in [0.25, 0.3) is 0 Å². The van der Waals surface area contributed by atoms with Crippen molar-refractivity contribution in [1.82, 2.24) is 4.90 Å². The Labute approximate surface area is 158 Å². The van der Waals surface area contributed by atoms with E-state index in [0.29, 0.717) is 24.5 Å². The van der Waals surface area contributed by atoms with Gasteiger partial charge in [-0.2, -0.15) is 0 Å². The first-order valence-corrected chi connectivity index (χ1v) is 10.2. The third-order valence-electron chi connectivity index (χ3n) is 6.66. The number of likely N-dealkylation sites (tertiary alicyclic amines) is 1. The zero-order chi connectivity index (χ0) is 18.8. The molecule has 0 aromatic carbocycles. The van der Waals surface area contributed by atoms with Gasteiger partial charge >= 0.3 is 0 Å². The molecule has 6 N–H and O–H groups in total. The summed E-state index contributed by atoms with van der Waals surface area (Å²) in [7, 11) is 0. The van der Waals surface area contributed by atoms with E-state index in [1.807, 2.05) is 4.90 Å². The fourth-order valence-corrected chi connectivity index (χ4v) is 4.75. The van der Waals surface area contributed by atoms with Gasteiger partial charge in [0.2, 0.25) is 0 Å². The van der Waals surface area contributed by atoms with Gasteiger partial charge in [-0.05, 0) is 31.1 Å². The maximum atomic E-state index is 13.5. The molecule has 0 aromatic heterocycles. The fraction of sp³-hybridized carbons (Fsp3) is 0.895. The van der Waals surface area contributed by atoms with E-state index in [-0.39, 0.29) is 29.3 Å². The minimum Gasteiger partial charge on any atom is -0.353 e. The molecule has 0 spiro atoms. The van der Waals surface area contributed by atoms with Gasteiger partial charge in [-0.3, -0.25) is 4.79 Å². The van der Waals surface area contributed by atoms with Crippen molar-refractivity contribution >= 4 is 23.0 Å². The number of nitrogens with two attached hydrogens (primary N) is 3. The molecule has 0 unspecified atom stereocenters. The fourth-order valence-electron chi connectivity index (χ4n) is 4.23. The molecule has 0 aromatic rings. The Morgan fingerprint density at radius 2 is 1.92 bits per heavy atom. The van der Waals surface area contributed by atoms with Crippen LogP contribution in [0.2, 0.25) is 0 Å². The van der Waals surface area contributed by atoms with Gasteiger partial charge in [-0.25, -0.2) is 0 Å². The van der Waals surface area contributed by atoms with E-state index in [9.17, 15) is 4.79 Å². The van der Waals surface area contributed by atoms with Crippen molar-refractivity contribution in [1.29, 1.82) is 0 Å². The smallest absolute Gasteiger partial charge is 0.162 e. The van der Waals surface area contributed by atoms with Crippen molar-refractivity contribution < 1.29 is 4.79 Å². The average molecular weight is 369 g/mol. The molecule has 0 amide bonds. The predicted octanol–water partition coefficient (Wildman–Crippen LogP) is 1.96. The van der Waals surface area contributed by atoms with Crippen LogP contribution in [-0.4, -0.2) is 46.9 Å². The van der Waals surface area contributed by atoms with Gasteiger partial charge in [-0.1, -0.05) is 52.3 Å². The van der Waals surface area contributed by atoms with Gasteiger partial charge in [0.05, 0.1) is 17.1 Å². The van der Waals surface area contributed by atoms with Crippen LogP contribution in [0.3, 0.4) is 0 Å². The Hall–Kier alpha value is -0.560. The second kappa shape index (κ2) is 7.99. The number of rotatable bonds is 6. The zero-order valence-corrected chi connectivity index (χ0v) is 16.9. The molecule has 2 fully saturated rings. The highest BCUT2D eigenvalue weighted by atomic mass is 32.1. The lowest BCUT2D eigenvalue weighted by Crippen LogP contribution is -2.56. The van der Waals surface area contributed by atoms with Gasteiger partial charge in [0, 0.05) is 24.5 Å². The second-order valence-electron chi connectivity index (χ2n) is 8.73. The second-order valence-corrected chi connectivity index (χ2v) is 9.15. The number of carbonyl (C=O) groups is 1. The molecule has 3 atom stereocenters. The van der Waals surface area contributed by atoms with Gasteiger partial charge in [0.1, 0.15) is 0 Å². The molecular formula is C19H36N4OS. The lowest BCUT2D eigenvalue weighted by molar-refractivity contribution is -0.133. The van der Waals surface area contributed by atoms with Crippen molar-refractivity contribution in [2.75, 3.05) is 13.1 Å². The Morgan fingerprint density at radius 1 is 1.32 bits per heavy atom. The van der Waals surface area contributed by atoms with Crippen LogP contribution in [-0.2, 0) is 4.79 Å². The Kier molecular flexibility index (Phi) is 6.63.